The summed E-state index contributed by atoms with van der Waals surface area (Å²) in [6, 6.07) is 9.02. The number of nitrogens with zero attached hydrogens (tertiary/aromatic N) is 3. The molecule has 1 unspecified atom stereocenters. The zero-order chi connectivity index (χ0) is 19.2. The molecule has 1 fully saturated rings. The molecule has 1 aliphatic heterocycles. The average molecular weight is 368 g/mol. The van der Waals surface area contributed by atoms with Gasteiger partial charge in [-0.25, -0.2) is 9.78 Å². The van der Waals surface area contributed by atoms with Crippen LogP contribution < -0.4 is 10.1 Å². The molecule has 0 bridgehead atoms. The maximum Gasteiger partial charge on any atom is 0.347 e. The number of carbonyl (C=O) groups excluding carboxylic acids is 1. The Hall–Kier alpha value is -3.18. The second kappa shape index (κ2) is 8.47. The van der Waals surface area contributed by atoms with Crippen molar-refractivity contribution < 1.29 is 19.0 Å². The minimum absolute atomic E-state index is 0.140. The van der Waals surface area contributed by atoms with Gasteiger partial charge < -0.3 is 19.5 Å². The number of nitrogens with one attached hydrogen (secondary N) is 1. The summed E-state index contributed by atoms with van der Waals surface area (Å²) in [5.41, 5.74) is 1.28. The van der Waals surface area contributed by atoms with Gasteiger partial charge in [0.15, 0.2) is 11.4 Å². The Morgan fingerprint density at radius 3 is 2.96 bits per heavy atom. The molecule has 27 heavy (non-hydrogen) atoms. The monoisotopic (exact) mass is 368 g/mol. The van der Waals surface area contributed by atoms with E-state index in [2.05, 4.69) is 21.4 Å². The highest BCUT2D eigenvalue weighted by atomic mass is 16.6. The van der Waals surface area contributed by atoms with E-state index < -0.39 is 5.97 Å². The third kappa shape index (κ3) is 4.15. The van der Waals surface area contributed by atoms with Crippen LogP contribution in [-0.2, 0) is 9.47 Å². The van der Waals surface area contributed by atoms with Gasteiger partial charge in [-0.05, 0) is 19.1 Å². The fourth-order valence-corrected chi connectivity index (χ4v) is 2.71. The highest BCUT2D eigenvalue weighted by Gasteiger charge is 2.27. The van der Waals surface area contributed by atoms with Crippen LogP contribution in [0.25, 0.3) is 11.4 Å². The number of esters is 1. The minimum atomic E-state index is -0.562. The topological polar surface area (TPSA) is 106 Å². The number of nitriles is 1. The van der Waals surface area contributed by atoms with Crippen LogP contribution in [0.4, 0.5) is 5.82 Å². The highest BCUT2D eigenvalue weighted by Crippen LogP contribution is 2.30. The summed E-state index contributed by atoms with van der Waals surface area (Å²) >= 11 is 0. The van der Waals surface area contributed by atoms with Crippen molar-refractivity contribution in [1.29, 1.82) is 5.26 Å². The third-order valence-electron chi connectivity index (χ3n) is 4.01. The van der Waals surface area contributed by atoms with E-state index in [-0.39, 0.29) is 24.2 Å². The van der Waals surface area contributed by atoms with Gasteiger partial charge in [0.05, 0.1) is 31.5 Å². The van der Waals surface area contributed by atoms with E-state index >= 15 is 0 Å². The van der Waals surface area contributed by atoms with Gasteiger partial charge in [0, 0.05) is 19.0 Å². The Labute approximate surface area is 157 Å². The van der Waals surface area contributed by atoms with E-state index in [9.17, 15) is 4.79 Å². The molecule has 1 aromatic carbocycles. The van der Waals surface area contributed by atoms with Crippen LogP contribution in [0.3, 0.4) is 0 Å². The van der Waals surface area contributed by atoms with Gasteiger partial charge in [0.2, 0.25) is 5.88 Å². The Balaban J connectivity index is 2.10. The molecule has 0 amide bonds. The van der Waals surface area contributed by atoms with Gasteiger partial charge in [-0.2, -0.15) is 10.2 Å². The van der Waals surface area contributed by atoms with Crippen LogP contribution in [0, 0.1) is 11.3 Å². The summed E-state index contributed by atoms with van der Waals surface area (Å²) in [6.45, 7) is 2.98. The summed E-state index contributed by atoms with van der Waals surface area (Å²) < 4.78 is 16.4. The number of hydrogen-bond acceptors (Lipinski definition) is 8. The number of carbonyl (C=O) groups is 1. The molecule has 0 aliphatic carbocycles. The summed E-state index contributed by atoms with van der Waals surface area (Å²) in [5.74, 6) is 0.224. The van der Waals surface area contributed by atoms with E-state index in [1.807, 2.05) is 0 Å². The summed E-state index contributed by atoms with van der Waals surface area (Å²) in [7, 11) is 1.66. The first-order valence-electron chi connectivity index (χ1n) is 8.68. The second-order valence-corrected chi connectivity index (χ2v) is 5.84. The molecule has 1 atom stereocenters. The van der Waals surface area contributed by atoms with Crippen molar-refractivity contribution in [2.24, 2.45) is 0 Å². The third-order valence-corrected chi connectivity index (χ3v) is 4.01. The van der Waals surface area contributed by atoms with Crippen molar-refractivity contribution in [1.82, 2.24) is 9.97 Å². The van der Waals surface area contributed by atoms with Crippen molar-refractivity contribution in [3.8, 4) is 23.3 Å². The van der Waals surface area contributed by atoms with E-state index in [0.29, 0.717) is 42.4 Å². The van der Waals surface area contributed by atoms with Crippen LogP contribution in [0.15, 0.2) is 24.3 Å². The van der Waals surface area contributed by atoms with Gasteiger partial charge in [-0.1, -0.05) is 12.1 Å². The summed E-state index contributed by atoms with van der Waals surface area (Å²) in [6.07, 6.45) is 0.511. The van der Waals surface area contributed by atoms with E-state index in [1.165, 1.54) is 0 Å². The molecule has 0 radical (unpaired) electrons. The fraction of sp³-hybridized carbons (Fsp3) is 0.368. The molecule has 0 spiro atoms. The molecular formula is C19H20N4O4. The molecule has 3 rings (SSSR count). The molecule has 8 nitrogen and oxygen atoms in total. The normalized spacial score (nSPS) is 15.8. The first-order valence-corrected chi connectivity index (χ1v) is 8.68. The average Bonchev–Trinajstić information content (AvgIpc) is 3.20. The fourth-order valence-electron chi connectivity index (χ4n) is 2.71. The molecule has 2 aromatic rings. The lowest BCUT2D eigenvalue weighted by Crippen LogP contribution is -2.21. The van der Waals surface area contributed by atoms with Crippen molar-refractivity contribution in [3.05, 3.63) is 35.4 Å². The van der Waals surface area contributed by atoms with E-state index in [4.69, 9.17) is 19.5 Å². The number of anilines is 1. The Kier molecular flexibility index (Phi) is 5.84. The quantitative estimate of drug-likeness (QED) is 0.775. The first-order chi connectivity index (χ1) is 13.2. The first kappa shape index (κ1) is 18.6. The lowest BCUT2D eigenvalue weighted by atomic mass is 10.1. The number of aromatic nitrogens is 2. The van der Waals surface area contributed by atoms with Crippen LogP contribution in [-0.4, -0.2) is 48.9 Å². The molecule has 8 heteroatoms. The maximum absolute atomic E-state index is 12.5. The molecule has 1 N–H and O–H groups in total. The molecule has 1 saturated heterocycles. The summed E-state index contributed by atoms with van der Waals surface area (Å²) in [5, 5.41) is 12.0. The van der Waals surface area contributed by atoms with E-state index in [0.717, 1.165) is 0 Å². The Morgan fingerprint density at radius 2 is 2.30 bits per heavy atom. The van der Waals surface area contributed by atoms with Crippen LogP contribution in [0.1, 0.15) is 29.3 Å². The van der Waals surface area contributed by atoms with Crippen LogP contribution >= 0.6 is 0 Å². The number of benzene rings is 1. The highest BCUT2D eigenvalue weighted by molar-refractivity contribution is 5.97. The largest absolute Gasteiger partial charge is 0.471 e. The smallest absolute Gasteiger partial charge is 0.347 e. The van der Waals surface area contributed by atoms with Gasteiger partial charge >= 0.3 is 5.97 Å². The van der Waals surface area contributed by atoms with Gasteiger partial charge in [-0.3, -0.25) is 0 Å². The summed E-state index contributed by atoms with van der Waals surface area (Å²) in [4.78, 5) is 21.4. The van der Waals surface area contributed by atoms with Gasteiger partial charge in [0.1, 0.15) is 11.9 Å². The SMILES string of the molecule is CCOC(=O)c1c(NC)nc(-c2cccc(C#N)c2)nc1OC1CCOC1. The molecule has 2 heterocycles. The zero-order valence-corrected chi connectivity index (χ0v) is 15.2. The van der Waals surface area contributed by atoms with Crippen molar-refractivity contribution in [2.45, 2.75) is 19.4 Å². The number of ether oxygens (including phenoxy) is 3. The minimum Gasteiger partial charge on any atom is -0.471 e. The maximum atomic E-state index is 12.5. The Bertz CT molecular complexity index is 872. The van der Waals surface area contributed by atoms with E-state index in [1.54, 1.807) is 38.2 Å². The van der Waals surface area contributed by atoms with Crippen molar-refractivity contribution in [2.75, 3.05) is 32.2 Å². The molecule has 0 saturated carbocycles. The Morgan fingerprint density at radius 1 is 1.44 bits per heavy atom. The van der Waals surface area contributed by atoms with Gasteiger partial charge in [-0.15, -0.1) is 0 Å². The molecule has 1 aliphatic rings. The number of rotatable bonds is 6. The lowest BCUT2D eigenvalue weighted by molar-refractivity contribution is 0.0516. The molecule has 140 valence electrons. The molecular weight excluding hydrogens is 348 g/mol. The predicted molar refractivity (Wildman–Crippen MR) is 97.5 cm³/mol. The molecule has 1 aromatic heterocycles. The van der Waals surface area contributed by atoms with Crippen LogP contribution in [0.2, 0.25) is 0 Å². The predicted octanol–water partition coefficient (Wildman–Crippen LogP) is 2.40. The lowest BCUT2D eigenvalue weighted by Gasteiger charge is -2.17. The van der Waals surface area contributed by atoms with Gasteiger partial charge in [0.25, 0.3) is 0 Å². The number of hydrogen-bond donors (Lipinski definition) is 1. The van der Waals surface area contributed by atoms with Crippen molar-refractivity contribution in [3.63, 3.8) is 0 Å². The van der Waals surface area contributed by atoms with Crippen LogP contribution in [0.5, 0.6) is 5.88 Å². The van der Waals surface area contributed by atoms with Crippen molar-refractivity contribution >= 4 is 11.8 Å². The second-order valence-electron chi connectivity index (χ2n) is 5.84. The standard InChI is InChI=1S/C19H20N4O4/c1-3-26-19(24)15-17(21-2)22-16(13-6-4-5-12(9-13)10-20)23-18(15)27-14-7-8-25-11-14/h4-6,9,14H,3,7-8,11H2,1-2H3,(H,21,22,23). The zero-order valence-electron chi connectivity index (χ0n) is 15.2.